The molecule has 5 nitrogen and oxygen atoms in total. The first-order valence-corrected chi connectivity index (χ1v) is 8.60. The largest absolute Gasteiger partial charge is 0.331 e. The van der Waals surface area contributed by atoms with Crippen LogP contribution in [-0.2, 0) is 9.59 Å². The number of rotatable bonds is 5. The van der Waals surface area contributed by atoms with Crippen LogP contribution in [0.1, 0.15) is 32.6 Å². The maximum absolute atomic E-state index is 12.8. The Labute approximate surface area is 149 Å². The van der Waals surface area contributed by atoms with Crippen LogP contribution in [0.2, 0.25) is 0 Å². The Kier molecular flexibility index (Phi) is 6.63. The topological polar surface area (TPSA) is 52.7 Å². The molecule has 2 amide bonds. The van der Waals surface area contributed by atoms with Crippen molar-refractivity contribution in [3.05, 3.63) is 30.3 Å². The monoisotopic (exact) mass is 351 g/mol. The molecule has 1 N–H and O–H groups in total. The Balaban J connectivity index is 0.00000208. The molecule has 0 aromatic heterocycles. The van der Waals surface area contributed by atoms with E-state index in [2.05, 4.69) is 5.32 Å². The van der Waals surface area contributed by atoms with Gasteiger partial charge in [0.2, 0.25) is 11.8 Å². The van der Waals surface area contributed by atoms with Crippen molar-refractivity contribution in [1.29, 1.82) is 0 Å². The van der Waals surface area contributed by atoms with Gasteiger partial charge in [0, 0.05) is 31.2 Å². The summed E-state index contributed by atoms with van der Waals surface area (Å²) in [5, 5.41) is 3.36. The van der Waals surface area contributed by atoms with Crippen molar-refractivity contribution in [2.75, 3.05) is 24.5 Å². The third-order valence-electron chi connectivity index (χ3n) is 4.87. The first kappa shape index (κ1) is 18.7. The van der Waals surface area contributed by atoms with Gasteiger partial charge in [0.25, 0.3) is 0 Å². The van der Waals surface area contributed by atoms with Gasteiger partial charge in [0.1, 0.15) is 6.04 Å². The number of halogens is 1. The maximum atomic E-state index is 12.8. The van der Waals surface area contributed by atoms with Crippen LogP contribution >= 0.6 is 12.4 Å². The number of anilines is 1. The summed E-state index contributed by atoms with van der Waals surface area (Å²) in [6.45, 7) is 4.22. The quantitative estimate of drug-likeness (QED) is 0.884. The van der Waals surface area contributed by atoms with Crippen molar-refractivity contribution in [3.8, 4) is 0 Å². The number of hydrogen-bond acceptors (Lipinski definition) is 3. The molecule has 2 fully saturated rings. The van der Waals surface area contributed by atoms with Crippen LogP contribution in [0.5, 0.6) is 0 Å². The Morgan fingerprint density at radius 2 is 2.04 bits per heavy atom. The Bertz CT molecular complexity index is 561. The lowest BCUT2D eigenvalue weighted by atomic mass is 10.1. The molecule has 0 spiro atoms. The minimum atomic E-state index is -0.311. The van der Waals surface area contributed by atoms with Crippen LogP contribution in [0, 0.1) is 0 Å². The third-order valence-corrected chi connectivity index (χ3v) is 4.87. The molecule has 0 radical (unpaired) electrons. The van der Waals surface area contributed by atoms with Gasteiger partial charge in [-0.1, -0.05) is 18.2 Å². The van der Waals surface area contributed by atoms with Crippen LogP contribution in [0.15, 0.2) is 30.3 Å². The Hall–Kier alpha value is -1.59. The van der Waals surface area contributed by atoms with E-state index in [1.165, 1.54) is 0 Å². The molecule has 0 aliphatic carbocycles. The number of amides is 2. The van der Waals surface area contributed by atoms with Gasteiger partial charge >= 0.3 is 0 Å². The van der Waals surface area contributed by atoms with E-state index < -0.39 is 0 Å². The number of nitrogens with one attached hydrogen (secondary N) is 1. The molecule has 2 atom stereocenters. The minimum absolute atomic E-state index is 0. The van der Waals surface area contributed by atoms with Gasteiger partial charge in [-0.05, 0) is 44.9 Å². The Morgan fingerprint density at radius 3 is 2.67 bits per heavy atom. The minimum Gasteiger partial charge on any atom is -0.331 e. The number of likely N-dealkylation sites (N-methyl/N-ethyl adjacent to an activating group) is 1. The van der Waals surface area contributed by atoms with Crippen LogP contribution in [0.25, 0.3) is 0 Å². The normalized spacial score (nSPS) is 23.2. The van der Waals surface area contributed by atoms with E-state index in [0.717, 1.165) is 25.1 Å². The summed E-state index contributed by atoms with van der Waals surface area (Å²) in [6.07, 6.45) is 3.40. The molecule has 1 aromatic carbocycles. The SMILES string of the molecule is CCN(C(=O)CC1CCCN1)C1CCN(c2ccccc2)C1=O.Cl. The summed E-state index contributed by atoms with van der Waals surface area (Å²) in [4.78, 5) is 29.0. The standard InChI is InChI=1S/C18H25N3O2.ClH/c1-2-20(17(22)13-14-7-6-11-19-14)16-10-12-21(18(16)23)15-8-4-3-5-9-15;/h3-5,8-9,14,16,19H,2,6-7,10-13H2,1H3;1H. The van der Waals surface area contributed by atoms with Crippen molar-refractivity contribution in [1.82, 2.24) is 10.2 Å². The molecule has 6 heteroatoms. The van der Waals surface area contributed by atoms with Crippen LogP contribution in [-0.4, -0.2) is 48.4 Å². The van der Waals surface area contributed by atoms with Gasteiger partial charge < -0.3 is 15.1 Å². The van der Waals surface area contributed by atoms with Gasteiger partial charge in [-0.25, -0.2) is 0 Å². The molecule has 2 aliphatic rings. The Morgan fingerprint density at radius 1 is 1.29 bits per heavy atom. The molecular weight excluding hydrogens is 326 g/mol. The van der Waals surface area contributed by atoms with Gasteiger partial charge in [0.05, 0.1) is 0 Å². The van der Waals surface area contributed by atoms with Crippen molar-refractivity contribution in [2.24, 2.45) is 0 Å². The highest BCUT2D eigenvalue weighted by Gasteiger charge is 2.38. The molecule has 24 heavy (non-hydrogen) atoms. The maximum Gasteiger partial charge on any atom is 0.249 e. The van der Waals surface area contributed by atoms with Crippen molar-refractivity contribution < 1.29 is 9.59 Å². The lowest BCUT2D eigenvalue weighted by Crippen LogP contribution is -2.46. The predicted molar refractivity (Wildman–Crippen MR) is 97.5 cm³/mol. The van der Waals surface area contributed by atoms with Gasteiger partial charge in [-0.2, -0.15) is 0 Å². The number of carbonyl (C=O) groups excluding carboxylic acids is 2. The third kappa shape index (κ3) is 3.90. The average molecular weight is 352 g/mol. The second-order valence-corrected chi connectivity index (χ2v) is 6.31. The number of benzene rings is 1. The second kappa shape index (κ2) is 8.49. The summed E-state index contributed by atoms with van der Waals surface area (Å²) in [5.41, 5.74) is 0.918. The fraction of sp³-hybridized carbons (Fsp3) is 0.556. The summed E-state index contributed by atoms with van der Waals surface area (Å²) in [5.74, 6) is 0.144. The zero-order valence-electron chi connectivity index (χ0n) is 14.1. The molecule has 1 aromatic rings. The number of para-hydroxylation sites is 1. The fourth-order valence-electron chi connectivity index (χ4n) is 3.65. The van der Waals surface area contributed by atoms with Gasteiger partial charge in [0.15, 0.2) is 0 Å². The lowest BCUT2D eigenvalue weighted by Gasteiger charge is -2.28. The smallest absolute Gasteiger partial charge is 0.249 e. The summed E-state index contributed by atoms with van der Waals surface area (Å²) < 4.78 is 0. The van der Waals surface area contributed by atoms with Gasteiger partial charge in [-0.3, -0.25) is 9.59 Å². The number of carbonyl (C=O) groups is 2. The average Bonchev–Trinajstić information content (AvgIpc) is 3.20. The van der Waals surface area contributed by atoms with E-state index in [9.17, 15) is 9.59 Å². The van der Waals surface area contributed by atoms with Crippen LogP contribution < -0.4 is 10.2 Å². The zero-order chi connectivity index (χ0) is 16.2. The number of hydrogen-bond donors (Lipinski definition) is 1. The van der Waals surface area contributed by atoms with E-state index in [4.69, 9.17) is 0 Å². The first-order chi connectivity index (χ1) is 11.2. The summed E-state index contributed by atoms with van der Waals surface area (Å²) in [7, 11) is 0. The highest BCUT2D eigenvalue weighted by molar-refractivity contribution is 6.01. The van der Waals surface area contributed by atoms with E-state index in [-0.39, 0.29) is 36.3 Å². The zero-order valence-corrected chi connectivity index (χ0v) is 14.9. The molecule has 2 aliphatic heterocycles. The molecule has 2 unspecified atom stereocenters. The molecule has 0 saturated carbocycles. The molecular formula is C18H26ClN3O2. The second-order valence-electron chi connectivity index (χ2n) is 6.31. The molecule has 2 saturated heterocycles. The highest BCUT2D eigenvalue weighted by atomic mass is 35.5. The van der Waals surface area contributed by atoms with E-state index in [1.54, 1.807) is 9.80 Å². The lowest BCUT2D eigenvalue weighted by molar-refractivity contribution is -0.138. The summed E-state index contributed by atoms with van der Waals surface area (Å²) in [6, 6.07) is 9.67. The predicted octanol–water partition coefficient (Wildman–Crippen LogP) is 2.20. The van der Waals surface area contributed by atoms with Crippen molar-refractivity contribution in [2.45, 2.75) is 44.7 Å². The summed E-state index contributed by atoms with van der Waals surface area (Å²) >= 11 is 0. The van der Waals surface area contributed by atoms with Crippen molar-refractivity contribution in [3.63, 3.8) is 0 Å². The molecule has 3 rings (SSSR count). The molecule has 132 valence electrons. The van der Waals surface area contributed by atoms with E-state index >= 15 is 0 Å². The fourth-order valence-corrected chi connectivity index (χ4v) is 3.65. The van der Waals surface area contributed by atoms with Gasteiger partial charge in [-0.15, -0.1) is 12.4 Å². The highest BCUT2D eigenvalue weighted by Crippen LogP contribution is 2.25. The van der Waals surface area contributed by atoms with Crippen molar-refractivity contribution >= 4 is 29.9 Å². The van der Waals surface area contributed by atoms with Crippen LogP contribution in [0.3, 0.4) is 0 Å². The molecule has 0 bridgehead atoms. The van der Waals surface area contributed by atoms with E-state index in [0.29, 0.717) is 25.9 Å². The van der Waals surface area contributed by atoms with E-state index in [1.807, 2.05) is 37.3 Å². The number of nitrogens with zero attached hydrogens (tertiary/aromatic N) is 2. The molecule has 2 heterocycles. The van der Waals surface area contributed by atoms with Crippen LogP contribution in [0.4, 0.5) is 5.69 Å². The first-order valence-electron chi connectivity index (χ1n) is 8.60.